The zero-order valence-corrected chi connectivity index (χ0v) is 30.6. The molecule has 7 aromatic carbocycles. The minimum atomic E-state index is -0.418. The molecule has 3 aliphatic rings. The molecule has 260 valence electrons. The van der Waals surface area contributed by atoms with E-state index in [0.29, 0.717) is 0 Å². The van der Waals surface area contributed by atoms with Crippen molar-refractivity contribution in [1.82, 2.24) is 0 Å². The Kier molecular flexibility index (Phi) is 6.90. The quantitative estimate of drug-likeness (QED) is 0.183. The molecule has 0 N–H and O–H groups in total. The van der Waals surface area contributed by atoms with Crippen LogP contribution < -0.4 is 15.5 Å². The molecule has 11 rings (SSSR count). The van der Waals surface area contributed by atoms with Gasteiger partial charge in [-0.25, -0.2) is 4.99 Å². The van der Waals surface area contributed by atoms with Gasteiger partial charge in [0.25, 0.3) is 0 Å². The number of hydrogen-bond acceptors (Lipinski definition) is 3. The molecule has 0 atom stereocenters. The van der Waals surface area contributed by atoms with Gasteiger partial charge in [-0.3, -0.25) is 0 Å². The number of allylic oxidation sites excluding steroid dienone is 2. The predicted molar refractivity (Wildman–Crippen MR) is 227 cm³/mol. The first-order valence-electron chi connectivity index (χ1n) is 19.0. The van der Waals surface area contributed by atoms with Crippen molar-refractivity contribution in [1.29, 1.82) is 0 Å². The molecule has 0 saturated carbocycles. The maximum atomic E-state index is 7.00. The summed E-state index contributed by atoms with van der Waals surface area (Å²) in [6.07, 6.45) is 6.15. The molecular weight excluding hydrogens is 669 g/mol. The van der Waals surface area contributed by atoms with E-state index >= 15 is 0 Å². The van der Waals surface area contributed by atoms with E-state index in [1.807, 2.05) is 19.1 Å². The molecule has 0 amide bonds. The van der Waals surface area contributed by atoms with Crippen molar-refractivity contribution in [2.75, 3.05) is 11.9 Å². The molecule has 2 aliphatic carbocycles. The van der Waals surface area contributed by atoms with Crippen LogP contribution in [0.2, 0.25) is 0 Å². The van der Waals surface area contributed by atoms with E-state index in [-0.39, 0.29) is 0 Å². The SMILES string of the molecule is C\C=C/C=c1/oc2c(-c3ccc4c(c3)C3(c5ccccc5-c5ccccc53)c3ccccc3-4)cccc2/c1=C1\N=C(c2ccccc2)c2ccccc2N1C. The molecule has 0 saturated heterocycles. The van der Waals surface area contributed by atoms with Crippen LogP contribution in [-0.2, 0) is 5.41 Å². The minimum absolute atomic E-state index is 0.418. The van der Waals surface area contributed by atoms with Gasteiger partial charge in [-0.15, -0.1) is 0 Å². The van der Waals surface area contributed by atoms with Crippen LogP contribution in [0, 0.1) is 0 Å². The standard InChI is InChI=1S/C52H36N2O/c1-3-4-29-47-48(51-53-49(33-17-6-5-7-18-33)40-22-11-15-28-46(40)54(51)2)41-24-16-23-35(50(41)55-47)34-30-31-39-38-21-10-14-27-44(38)52(45(39)32-34)42-25-12-8-19-36(42)37-20-9-13-26-43(37)52/h3-32H,1-2H3/b4-3-,47-29+,51-48-. The highest BCUT2D eigenvalue weighted by Crippen LogP contribution is 2.63. The Morgan fingerprint density at radius 3 is 1.80 bits per heavy atom. The third-order valence-corrected chi connectivity index (χ3v) is 11.8. The molecule has 0 radical (unpaired) electrons. The lowest BCUT2D eigenvalue weighted by molar-refractivity contribution is 0.576. The van der Waals surface area contributed by atoms with Gasteiger partial charge in [-0.05, 0) is 75.2 Å². The molecule has 1 spiro atoms. The van der Waals surface area contributed by atoms with E-state index in [0.717, 1.165) is 61.1 Å². The number of para-hydroxylation sites is 2. The Hall–Kier alpha value is -6.97. The Labute approximate surface area is 320 Å². The average molecular weight is 705 g/mol. The van der Waals surface area contributed by atoms with Gasteiger partial charge >= 0.3 is 0 Å². The summed E-state index contributed by atoms with van der Waals surface area (Å²) in [5.41, 5.74) is 18.1. The Morgan fingerprint density at radius 1 is 0.545 bits per heavy atom. The van der Waals surface area contributed by atoms with Crippen LogP contribution in [-0.4, -0.2) is 12.8 Å². The van der Waals surface area contributed by atoms with Crippen molar-refractivity contribution in [3.05, 3.63) is 220 Å². The molecule has 1 aliphatic heterocycles. The van der Waals surface area contributed by atoms with Crippen LogP contribution >= 0.6 is 0 Å². The Balaban J connectivity index is 1.19. The van der Waals surface area contributed by atoms with Crippen LogP contribution in [0.25, 0.3) is 56.2 Å². The van der Waals surface area contributed by atoms with Crippen molar-refractivity contribution >= 4 is 34.3 Å². The van der Waals surface area contributed by atoms with E-state index in [2.05, 4.69) is 182 Å². The number of hydrogen-bond donors (Lipinski definition) is 0. The lowest BCUT2D eigenvalue weighted by Gasteiger charge is -2.30. The Morgan fingerprint density at radius 2 is 1.13 bits per heavy atom. The molecule has 55 heavy (non-hydrogen) atoms. The number of fused-ring (bicyclic) bond motifs is 12. The highest BCUT2D eigenvalue weighted by atomic mass is 16.3. The third-order valence-electron chi connectivity index (χ3n) is 11.8. The zero-order valence-electron chi connectivity index (χ0n) is 30.6. The van der Waals surface area contributed by atoms with E-state index in [1.165, 1.54) is 44.5 Å². The first-order chi connectivity index (χ1) is 27.2. The summed E-state index contributed by atoms with van der Waals surface area (Å²) in [6, 6.07) is 59.5. The van der Waals surface area contributed by atoms with Crippen LogP contribution in [0.15, 0.2) is 185 Å². The molecule has 8 aromatic rings. The summed E-state index contributed by atoms with van der Waals surface area (Å²) in [7, 11) is 2.11. The first kappa shape index (κ1) is 31.5. The third kappa shape index (κ3) is 4.35. The highest BCUT2D eigenvalue weighted by molar-refractivity contribution is 6.20. The second-order valence-corrected chi connectivity index (χ2v) is 14.6. The number of rotatable bonds is 3. The fourth-order valence-corrected chi connectivity index (χ4v) is 9.52. The lowest BCUT2D eigenvalue weighted by Crippen LogP contribution is -2.33. The van der Waals surface area contributed by atoms with Gasteiger partial charge in [0.1, 0.15) is 16.8 Å². The number of furan rings is 1. The number of benzene rings is 7. The van der Waals surface area contributed by atoms with Gasteiger partial charge in [0, 0.05) is 29.1 Å². The summed E-state index contributed by atoms with van der Waals surface area (Å²) >= 11 is 0. The molecule has 3 heteroatoms. The van der Waals surface area contributed by atoms with Gasteiger partial charge < -0.3 is 9.32 Å². The summed E-state index contributed by atoms with van der Waals surface area (Å²) in [6.45, 7) is 2.03. The molecule has 0 fully saturated rings. The molecule has 2 heterocycles. The second kappa shape index (κ2) is 12.0. The van der Waals surface area contributed by atoms with Crippen molar-refractivity contribution in [2.45, 2.75) is 12.3 Å². The smallest absolute Gasteiger partial charge is 0.145 e. The fraction of sp³-hybridized carbons (Fsp3) is 0.0577. The molecule has 3 nitrogen and oxygen atoms in total. The molecular formula is C52H36N2O. The largest absolute Gasteiger partial charge is 0.455 e. The fourth-order valence-electron chi connectivity index (χ4n) is 9.52. The van der Waals surface area contributed by atoms with Crippen molar-refractivity contribution in [3.8, 4) is 33.4 Å². The zero-order chi connectivity index (χ0) is 36.7. The second-order valence-electron chi connectivity index (χ2n) is 14.6. The summed E-state index contributed by atoms with van der Waals surface area (Å²) in [5.74, 6) is 0.853. The predicted octanol–water partition coefficient (Wildman–Crippen LogP) is 10.9. The topological polar surface area (TPSA) is 28.7 Å². The molecule has 0 unspecified atom stereocenters. The van der Waals surface area contributed by atoms with E-state index in [1.54, 1.807) is 0 Å². The summed E-state index contributed by atoms with van der Waals surface area (Å²) in [4.78, 5) is 7.66. The minimum Gasteiger partial charge on any atom is -0.455 e. The summed E-state index contributed by atoms with van der Waals surface area (Å²) < 4.78 is 7.00. The van der Waals surface area contributed by atoms with Crippen LogP contribution in [0.5, 0.6) is 0 Å². The van der Waals surface area contributed by atoms with Gasteiger partial charge in [-0.2, -0.15) is 0 Å². The van der Waals surface area contributed by atoms with Crippen LogP contribution in [0.1, 0.15) is 40.3 Å². The molecule has 1 aromatic heterocycles. The number of aliphatic imine (C=N–C) groups is 1. The van der Waals surface area contributed by atoms with E-state index in [9.17, 15) is 0 Å². The maximum Gasteiger partial charge on any atom is 0.145 e. The number of anilines is 1. The van der Waals surface area contributed by atoms with Gasteiger partial charge in [-0.1, -0.05) is 164 Å². The Bertz CT molecular complexity index is 3010. The van der Waals surface area contributed by atoms with E-state index < -0.39 is 5.41 Å². The van der Waals surface area contributed by atoms with E-state index in [4.69, 9.17) is 9.41 Å². The normalized spacial score (nSPS) is 15.9. The van der Waals surface area contributed by atoms with Crippen LogP contribution in [0.4, 0.5) is 5.69 Å². The highest BCUT2D eigenvalue weighted by Gasteiger charge is 2.51. The number of nitrogens with zero attached hydrogens (tertiary/aromatic N) is 2. The van der Waals surface area contributed by atoms with Gasteiger partial charge in [0.05, 0.1) is 22.0 Å². The van der Waals surface area contributed by atoms with Gasteiger partial charge in [0.15, 0.2) is 0 Å². The van der Waals surface area contributed by atoms with Crippen molar-refractivity contribution in [3.63, 3.8) is 0 Å². The maximum absolute atomic E-state index is 7.00. The molecule has 0 bridgehead atoms. The average Bonchev–Trinajstić information content (AvgIpc) is 3.87. The monoisotopic (exact) mass is 704 g/mol. The first-order valence-corrected chi connectivity index (χ1v) is 19.0. The summed E-state index contributed by atoms with van der Waals surface area (Å²) in [5, 5.41) is 2.00. The lowest BCUT2D eigenvalue weighted by atomic mass is 9.70. The van der Waals surface area contributed by atoms with Crippen LogP contribution in [0.3, 0.4) is 0 Å². The van der Waals surface area contributed by atoms with Crippen molar-refractivity contribution < 1.29 is 4.42 Å². The van der Waals surface area contributed by atoms with Gasteiger partial charge in [0.2, 0.25) is 0 Å². The van der Waals surface area contributed by atoms with Crippen molar-refractivity contribution in [2.24, 2.45) is 4.99 Å².